The molecule has 0 radical (unpaired) electrons. The van der Waals surface area contributed by atoms with Crippen molar-refractivity contribution in [1.82, 2.24) is 9.13 Å². The van der Waals surface area contributed by atoms with Gasteiger partial charge in [-0.25, -0.2) is 0 Å². The van der Waals surface area contributed by atoms with Crippen LogP contribution < -0.4 is 0 Å². The lowest BCUT2D eigenvalue weighted by Crippen LogP contribution is -1.93. The van der Waals surface area contributed by atoms with Crippen molar-refractivity contribution in [2.24, 2.45) is 0 Å². The van der Waals surface area contributed by atoms with Crippen molar-refractivity contribution in [3.8, 4) is 33.6 Å². The third-order valence-corrected chi connectivity index (χ3v) is 10.2. The van der Waals surface area contributed by atoms with E-state index < -0.39 is 0 Å². The van der Waals surface area contributed by atoms with E-state index in [2.05, 4.69) is 196 Å². The van der Waals surface area contributed by atoms with E-state index in [4.69, 9.17) is 0 Å². The Bertz CT molecular complexity index is 2360. The number of nitrogens with zero attached hydrogens (tertiary/aromatic N) is 2. The van der Waals surface area contributed by atoms with E-state index in [0.29, 0.717) is 0 Å². The van der Waals surface area contributed by atoms with E-state index in [1.54, 1.807) is 0 Å². The summed E-state index contributed by atoms with van der Waals surface area (Å²) in [4.78, 5) is 0. The Morgan fingerprint density at radius 1 is 0.333 bits per heavy atom. The molecule has 0 atom stereocenters. The summed E-state index contributed by atoms with van der Waals surface area (Å²) < 4.78 is 6.00. The van der Waals surface area contributed by atoms with Gasteiger partial charge in [0.25, 0.3) is 0 Å². The number of hydrogen-bond donors (Lipinski definition) is 0. The summed E-state index contributed by atoms with van der Waals surface area (Å²) in [6, 6.07) is 59.3. The predicted octanol–water partition coefficient (Wildman–Crippen LogP) is 11.8. The fraction of sp³-hybridized carbons (Fsp3) is 0. The van der Waals surface area contributed by atoms with Crippen LogP contribution in [0.15, 0.2) is 164 Å². The van der Waals surface area contributed by atoms with Crippen molar-refractivity contribution >= 4 is 66.2 Å². The molecule has 2 nitrogen and oxygen atoms in total. The Morgan fingerprint density at radius 2 is 0.733 bits per heavy atom. The molecule has 2 aromatic heterocycles. The number of fused-ring (bicyclic) bond motifs is 6. The van der Waals surface area contributed by atoms with Crippen molar-refractivity contribution in [3.05, 3.63) is 167 Å². The fourth-order valence-corrected chi connectivity index (χ4v) is 7.95. The monoisotopic (exact) mass is 686 g/mol. The molecule has 0 bridgehead atoms. The summed E-state index contributed by atoms with van der Waals surface area (Å²) >= 11 is 2.55. The Balaban J connectivity index is 1.21. The van der Waals surface area contributed by atoms with Crippen LogP contribution in [0.4, 0.5) is 0 Å². The van der Waals surface area contributed by atoms with Crippen LogP contribution >= 0.6 is 22.6 Å². The smallest absolute Gasteiger partial charge is 0.0541 e. The van der Waals surface area contributed by atoms with E-state index in [9.17, 15) is 0 Å². The Hall–Kier alpha value is -5.13. The van der Waals surface area contributed by atoms with Gasteiger partial charge in [-0.05, 0) is 106 Å². The number of aromatic nitrogens is 2. The molecule has 0 amide bonds. The van der Waals surface area contributed by atoms with Gasteiger partial charge in [-0.3, -0.25) is 0 Å². The van der Waals surface area contributed by atoms with E-state index in [0.717, 1.165) is 0 Å². The zero-order valence-corrected chi connectivity index (χ0v) is 26.5. The standard InChI is InChI=1S/C42H27IN2/c43-42-32(28-22-24-40-36(26-28)34-16-7-9-20-38(34)44(40)30-12-3-1-4-13-30)18-11-19-33(42)29-23-25-41-37(27-29)35-17-8-10-21-39(35)45(41)31-14-5-2-6-15-31/h1-27H. The molecule has 0 spiro atoms. The molecule has 0 fully saturated rings. The second-order valence-electron chi connectivity index (χ2n) is 11.5. The highest BCUT2D eigenvalue weighted by atomic mass is 127. The highest BCUT2D eigenvalue weighted by molar-refractivity contribution is 14.1. The molecule has 0 saturated carbocycles. The minimum Gasteiger partial charge on any atom is -0.309 e. The number of halogens is 1. The molecule has 3 heteroatoms. The van der Waals surface area contributed by atoms with E-state index >= 15 is 0 Å². The first kappa shape index (κ1) is 26.3. The van der Waals surface area contributed by atoms with Crippen molar-refractivity contribution < 1.29 is 0 Å². The highest BCUT2D eigenvalue weighted by Gasteiger charge is 2.17. The zero-order chi connectivity index (χ0) is 29.9. The molecule has 9 aromatic rings. The fourth-order valence-electron chi connectivity index (χ4n) is 6.97. The third-order valence-electron chi connectivity index (χ3n) is 8.99. The van der Waals surface area contributed by atoms with Gasteiger partial charge in [0, 0.05) is 36.5 Å². The quantitative estimate of drug-likeness (QED) is 0.163. The minimum atomic E-state index is 1.18. The van der Waals surface area contributed by atoms with Crippen LogP contribution in [0.5, 0.6) is 0 Å². The van der Waals surface area contributed by atoms with Gasteiger partial charge < -0.3 is 9.13 Å². The first-order valence-electron chi connectivity index (χ1n) is 15.2. The molecule has 0 aliphatic heterocycles. The highest BCUT2D eigenvalue weighted by Crippen LogP contribution is 2.40. The van der Waals surface area contributed by atoms with Gasteiger partial charge in [0.15, 0.2) is 0 Å². The van der Waals surface area contributed by atoms with Gasteiger partial charge in [-0.1, -0.05) is 103 Å². The van der Waals surface area contributed by atoms with Crippen LogP contribution in [-0.4, -0.2) is 9.13 Å². The van der Waals surface area contributed by atoms with Crippen LogP contribution in [0.1, 0.15) is 0 Å². The van der Waals surface area contributed by atoms with Crippen LogP contribution in [0.3, 0.4) is 0 Å². The number of hydrogen-bond acceptors (Lipinski definition) is 0. The minimum absolute atomic E-state index is 1.18. The maximum absolute atomic E-state index is 2.55. The molecule has 0 N–H and O–H groups in total. The average Bonchev–Trinajstić information content (AvgIpc) is 3.61. The van der Waals surface area contributed by atoms with Gasteiger partial charge in [0.05, 0.1) is 22.1 Å². The Kier molecular flexibility index (Phi) is 6.13. The largest absolute Gasteiger partial charge is 0.309 e. The predicted molar refractivity (Wildman–Crippen MR) is 199 cm³/mol. The Labute approximate surface area is 274 Å². The molecule has 9 rings (SSSR count). The van der Waals surface area contributed by atoms with E-state index in [1.807, 2.05) is 0 Å². The number of benzene rings is 7. The second kappa shape index (κ2) is 10.5. The van der Waals surface area contributed by atoms with Crippen LogP contribution in [0.25, 0.3) is 77.2 Å². The molecular weight excluding hydrogens is 659 g/mol. The molecule has 212 valence electrons. The second-order valence-corrected chi connectivity index (χ2v) is 12.6. The summed E-state index contributed by atoms with van der Waals surface area (Å²) in [5.74, 6) is 0. The first-order valence-corrected chi connectivity index (χ1v) is 16.3. The lowest BCUT2D eigenvalue weighted by Gasteiger charge is -2.12. The SMILES string of the molecule is Ic1c(-c2ccc3c(c2)c2ccccc2n3-c2ccccc2)cccc1-c1ccc2c(c1)c1ccccc1n2-c1ccccc1. The lowest BCUT2D eigenvalue weighted by molar-refractivity contribution is 1.18. The maximum Gasteiger partial charge on any atom is 0.0541 e. The third kappa shape index (κ3) is 4.15. The van der Waals surface area contributed by atoms with Gasteiger partial charge in [0.2, 0.25) is 0 Å². The van der Waals surface area contributed by atoms with Crippen LogP contribution in [0, 0.1) is 3.57 Å². The number of rotatable bonds is 4. The number of para-hydroxylation sites is 4. The van der Waals surface area contributed by atoms with Crippen molar-refractivity contribution in [3.63, 3.8) is 0 Å². The van der Waals surface area contributed by atoms with E-state index in [-0.39, 0.29) is 0 Å². The summed E-state index contributed by atoms with van der Waals surface area (Å²) in [6.45, 7) is 0. The van der Waals surface area contributed by atoms with Gasteiger partial charge >= 0.3 is 0 Å². The van der Waals surface area contributed by atoms with Crippen molar-refractivity contribution in [2.75, 3.05) is 0 Å². The molecule has 0 unspecified atom stereocenters. The normalized spacial score (nSPS) is 11.7. The van der Waals surface area contributed by atoms with Crippen LogP contribution in [0.2, 0.25) is 0 Å². The van der Waals surface area contributed by atoms with Gasteiger partial charge in [0.1, 0.15) is 0 Å². The molecule has 2 heterocycles. The maximum atomic E-state index is 2.55. The lowest BCUT2D eigenvalue weighted by atomic mass is 9.97. The Morgan fingerprint density at radius 3 is 1.20 bits per heavy atom. The molecule has 0 aliphatic carbocycles. The zero-order valence-electron chi connectivity index (χ0n) is 24.4. The van der Waals surface area contributed by atoms with E-state index in [1.165, 1.54) is 80.8 Å². The van der Waals surface area contributed by atoms with Crippen LogP contribution in [-0.2, 0) is 0 Å². The van der Waals surface area contributed by atoms with Crippen molar-refractivity contribution in [1.29, 1.82) is 0 Å². The summed E-state index contributed by atoms with van der Waals surface area (Å²) in [5.41, 5.74) is 12.2. The summed E-state index contributed by atoms with van der Waals surface area (Å²) in [6.07, 6.45) is 0. The molecule has 45 heavy (non-hydrogen) atoms. The topological polar surface area (TPSA) is 9.86 Å². The molecule has 0 aliphatic rings. The summed E-state index contributed by atoms with van der Waals surface area (Å²) in [5, 5.41) is 5.07. The first-order chi connectivity index (χ1) is 22.3. The summed E-state index contributed by atoms with van der Waals surface area (Å²) in [7, 11) is 0. The molecule has 7 aromatic carbocycles. The van der Waals surface area contributed by atoms with Gasteiger partial charge in [-0.15, -0.1) is 0 Å². The average molecular weight is 687 g/mol. The molecule has 0 saturated heterocycles. The van der Waals surface area contributed by atoms with Gasteiger partial charge in [-0.2, -0.15) is 0 Å². The van der Waals surface area contributed by atoms with Crippen molar-refractivity contribution in [2.45, 2.75) is 0 Å². The molecular formula is C42H27IN2.